The molecule has 0 saturated heterocycles. The average molecular weight is 336 g/mol. The molecule has 2 aromatic rings. The molecular weight excluding hydrogens is 325 g/mol. The number of hydrogen-bond donors (Lipinski definition) is 0. The van der Waals surface area contributed by atoms with Crippen molar-refractivity contribution >= 4 is 24.0 Å². The Hall–Kier alpha value is -0.980. The Bertz CT molecular complexity index is 469. The van der Waals surface area contributed by atoms with Gasteiger partial charge in [-0.1, -0.05) is 18.2 Å². The Morgan fingerprint density at radius 3 is 2.56 bits per heavy atom. The van der Waals surface area contributed by atoms with Crippen molar-refractivity contribution in [3.8, 4) is 11.3 Å². The number of aromatic nitrogens is 2. The molecule has 0 saturated carbocycles. The fourth-order valence-corrected chi connectivity index (χ4v) is 1.40. The molecule has 0 fully saturated rings. The van der Waals surface area contributed by atoms with E-state index in [1.54, 1.807) is 36.1 Å². The van der Waals surface area contributed by atoms with Crippen LogP contribution < -0.4 is 0 Å². The molecule has 2 rings (SSSR count). The largest absolute Gasteiger partial charge is 0.275 e. The lowest BCUT2D eigenvalue weighted by atomic mass is 10.1. The number of rotatable bonds is 2. The summed E-state index contributed by atoms with van der Waals surface area (Å²) in [5, 5.41) is 4.15. The highest BCUT2D eigenvalue weighted by Crippen LogP contribution is 2.24. The molecule has 1 heterocycles. The zero-order chi connectivity index (χ0) is 10.8. The molecule has 0 aliphatic carbocycles. The highest BCUT2D eigenvalue weighted by molar-refractivity contribution is 14.0. The fourth-order valence-electron chi connectivity index (χ4n) is 1.40. The van der Waals surface area contributed by atoms with Crippen LogP contribution in [0.2, 0.25) is 0 Å². The van der Waals surface area contributed by atoms with E-state index in [0.29, 0.717) is 11.3 Å². The van der Waals surface area contributed by atoms with Crippen LogP contribution in [0.3, 0.4) is 0 Å². The van der Waals surface area contributed by atoms with E-state index in [-0.39, 0.29) is 29.5 Å². The predicted molar refractivity (Wildman–Crippen MR) is 69.0 cm³/mol. The van der Waals surface area contributed by atoms with Crippen LogP contribution in [0, 0.1) is 0 Å². The van der Waals surface area contributed by atoms with E-state index in [2.05, 4.69) is 5.10 Å². The van der Waals surface area contributed by atoms with Crippen molar-refractivity contribution in [3.63, 3.8) is 0 Å². The monoisotopic (exact) mass is 336 g/mol. The van der Waals surface area contributed by atoms with E-state index in [4.69, 9.17) is 0 Å². The maximum atomic E-state index is 12.4. The Morgan fingerprint density at radius 1 is 1.25 bits per heavy atom. The second-order valence-corrected chi connectivity index (χ2v) is 3.30. The lowest BCUT2D eigenvalue weighted by Gasteiger charge is -2.01. The average Bonchev–Trinajstić information content (AvgIpc) is 2.65. The highest BCUT2D eigenvalue weighted by Gasteiger charge is 2.08. The van der Waals surface area contributed by atoms with Gasteiger partial charge in [-0.3, -0.25) is 4.68 Å². The topological polar surface area (TPSA) is 17.8 Å². The molecule has 2 nitrogen and oxygen atoms in total. The molecule has 0 atom stereocenters. The van der Waals surface area contributed by atoms with Gasteiger partial charge in [0, 0.05) is 24.4 Å². The Kier molecular flexibility index (Phi) is 4.40. The zero-order valence-electron chi connectivity index (χ0n) is 8.60. The van der Waals surface area contributed by atoms with Crippen LogP contribution in [0.5, 0.6) is 0 Å². The third-order valence-electron chi connectivity index (χ3n) is 2.15. The molecule has 0 aliphatic rings. The van der Waals surface area contributed by atoms with E-state index >= 15 is 0 Å². The van der Waals surface area contributed by atoms with E-state index in [1.165, 1.54) is 12.1 Å². The quantitative estimate of drug-likeness (QED) is 0.766. The van der Waals surface area contributed by atoms with E-state index < -0.39 is 6.43 Å². The summed E-state index contributed by atoms with van der Waals surface area (Å²) in [4.78, 5) is 0. The van der Waals surface area contributed by atoms with Crippen molar-refractivity contribution in [2.75, 3.05) is 0 Å². The minimum absolute atomic E-state index is 0. The van der Waals surface area contributed by atoms with Crippen molar-refractivity contribution in [2.24, 2.45) is 7.05 Å². The lowest BCUT2D eigenvalue weighted by molar-refractivity contribution is 0.151. The van der Waals surface area contributed by atoms with Gasteiger partial charge >= 0.3 is 0 Å². The number of nitrogens with zero attached hydrogens (tertiary/aromatic N) is 2. The Balaban J connectivity index is 0.00000128. The van der Waals surface area contributed by atoms with Crippen LogP contribution in [-0.2, 0) is 7.05 Å². The number of alkyl halides is 2. The Labute approximate surface area is 109 Å². The van der Waals surface area contributed by atoms with E-state index in [0.717, 1.165) is 0 Å². The van der Waals surface area contributed by atoms with Gasteiger partial charge in [0.25, 0.3) is 6.43 Å². The van der Waals surface area contributed by atoms with E-state index in [1.807, 2.05) is 0 Å². The predicted octanol–water partition coefficient (Wildman–Crippen LogP) is 3.64. The summed E-state index contributed by atoms with van der Waals surface area (Å²) in [6, 6.07) is 8.06. The summed E-state index contributed by atoms with van der Waals surface area (Å²) in [7, 11) is 1.79. The number of hydrogen-bond acceptors (Lipinski definition) is 1. The SMILES string of the molecule is Cn1ccc(-c2cccc(C(F)F)c2)n1.I. The molecular formula is C11H11F2IN2. The van der Waals surface area contributed by atoms with Gasteiger partial charge in [-0.05, 0) is 12.1 Å². The standard InChI is InChI=1S/C11H10F2N2.HI/c1-15-6-5-10(14-15)8-3-2-4-9(7-8)11(12)13;/h2-7,11H,1H3;1H. The Morgan fingerprint density at radius 2 is 2.00 bits per heavy atom. The van der Waals surface area contributed by atoms with Gasteiger partial charge in [-0.25, -0.2) is 8.78 Å². The van der Waals surface area contributed by atoms with Crippen LogP contribution in [0.15, 0.2) is 36.5 Å². The molecule has 0 aliphatic heterocycles. The first-order chi connectivity index (χ1) is 7.16. The van der Waals surface area contributed by atoms with Gasteiger partial charge in [0.05, 0.1) is 5.69 Å². The molecule has 0 N–H and O–H groups in total. The van der Waals surface area contributed by atoms with Gasteiger partial charge in [0.2, 0.25) is 0 Å². The number of halogens is 3. The normalized spacial score (nSPS) is 10.2. The van der Waals surface area contributed by atoms with Gasteiger partial charge < -0.3 is 0 Å². The maximum absolute atomic E-state index is 12.4. The third kappa shape index (κ3) is 2.78. The minimum Gasteiger partial charge on any atom is -0.275 e. The highest BCUT2D eigenvalue weighted by atomic mass is 127. The minimum atomic E-state index is -2.44. The molecule has 5 heteroatoms. The summed E-state index contributed by atoms with van der Waals surface area (Å²) in [5.74, 6) is 0. The molecule has 0 spiro atoms. The van der Waals surface area contributed by atoms with Gasteiger partial charge in [-0.15, -0.1) is 24.0 Å². The summed E-state index contributed by atoms with van der Waals surface area (Å²) in [6.45, 7) is 0. The maximum Gasteiger partial charge on any atom is 0.263 e. The van der Waals surface area contributed by atoms with Gasteiger partial charge in [0.1, 0.15) is 0 Å². The first-order valence-electron chi connectivity index (χ1n) is 4.55. The molecule has 86 valence electrons. The lowest BCUT2D eigenvalue weighted by Crippen LogP contribution is -1.89. The second-order valence-electron chi connectivity index (χ2n) is 3.30. The van der Waals surface area contributed by atoms with Crippen molar-refractivity contribution in [2.45, 2.75) is 6.43 Å². The van der Waals surface area contributed by atoms with Crippen molar-refractivity contribution < 1.29 is 8.78 Å². The molecule has 1 aromatic carbocycles. The van der Waals surface area contributed by atoms with Gasteiger partial charge in [-0.2, -0.15) is 5.10 Å². The second kappa shape index (κ2) is 5.38. The summed E-state index contributed by atoms with van der Waals surface area (Å²) >= 11 is 0. The smallest absolute Gasteiger partial charge is 0.263 e. The van der Waals surface area contributed by atoms with Crippen LogP contribution >= 0.6 is 24.0 Å². The van der Waals surface area contributed by atoms with E-state index in [9.17, 15) is 8.78 Å². The third-order valence-corrected chi connectivity index (χ3v) is 2.15. The zero-order valence-corrected chi connectivity index (χ0v) is 10.9. The summed E-state index contributed by atoms with van der Waals surface area (Å²) < 4.78 is 26.5. The molecule has 0 amide bonds. The summed E-state index contributed by atoms with van der Waals surface area (Å²) in [5.41, 5.74) is 1.45. The first-order valence-corrected chi connectivity index (χ1v) is 4.55. The van der Waals surface area contributed by atoms with Crippen LogP contribution in [0.1, 0.15) is 12.0 Å². The number of aryl methyl sites for hydroxylation is 1. The molecule has 0 radical (unpaired) electrons. The summed E-state index contributed by atoms with van der Waals surface area (Å²) in [6.07, 6.45) is -0.654. The first kappa shape index (κ1) is 13.1. The van der Waals surface area contributed by atoms with Crippen LogP contribution in [0.25, 0.3) is 11.3 Å². The van der Waals surface area contributed by atoms with Crippen LogP contribution in [-0.4, -0.2) is 9.78 Å². The molecule has 16 heavy (non-hydrogen) atoms. The van der Waals surface area contributed by atoms with Crippen LogP contribution in [0.4, 0.5) is 8.78 Å². The van der Waals surface area contributed by atoms with Crippen molar-refractivity contribution in [3.05, 3.63) is 42.1 Å². The fraction of sp³-hybridized carbons (Fsp3) is 0.182. The van der Waals surface area contributed by atoms with Crippen molar-refractivity contribution in [1.29, 1.82) is 0 Å². The number of benzene rings is 1. The molecule has 0 unspecified atom stereocenters. The molecule has 1 aromatic heterocycles. The molecule has 0 bridgehead atoms. The van der Waals surface area contributed by atoms with Gasteiger partial charge in [0.15, 0.2) is 0 Å². The van der Waals surface area contributed by atoms with Crippen molar-refractivity contribution in [1.82, 2.24) is 9.78 Å².